The van der Waals surface area contributed by atoms with E-state index in [1.807, 2.05) is 24.3 Å². The number of carbonyl (C=O) groups excluding carboxylic acids is 2. The quantitative estimate of drug-likeness (QED) is 0.847. The maximum absolute atomic E-state index is 12.1. The summed E-state index contributed by atoms with van der Waals surface area (Å²) in [6.45, 7) is -0.133. The van der Waals surface area contributed by atoms with E-state index in [1.165, 1.54) is 4.90 Å². The number of para-hydroxylation sites is 1. The Labute approximate surface area is 128 Å². The molecule has 6 nitrogen and oxygen atoms in total. The highest BCUT2D eigenvalue weighted by Gasteiger charge is 2.37. The molecule has 3 rings (SSSR count). The van der Waals surface area contributed by atoms with E-state index < -0.39 is 17.9 Å². The predicted octanol–water partition coefficient (Wildman–Crippen LogP) is 0.945. The third-order valence-electron chi connectivity index (χ3n) is 4.17. The highest BCUT2D eigenvalue weighted by molar-refractivity contribution is 6.01. The van der Waals surface area contributed by atoms with Gasteiger partial charge in [0.15, 0.2) is 0 Å². The average Bonchev–Trinajstić information content (AvgIpc) is 3.32. The van der Waals surface area contributed by atoms with E-state index in [4.69, 9.17) is 5.11 Å². The molecule has 1 unspecified atom stereocenters. The molecule has 1 fully saturated rings. The molecule has 1 aromatic carbocycles. The van der Waals surface area contributed by atoms with Crippen molar-refractivity contribution in [1.29, 1.82) is 0 Å². The number of anilines is 1. The molecule has 0 spiro atoms. The van der Waals surface area contributed by atoms with Crippen LogP contribution in [-0.4, -0.2) is 35.5 Å². The van der Waals surface area contributed by atoms with E-state index >= 15 is 0 Å². The molecule has 116 valence electrons. The molecule has 2 amide bonds. The Kier molecular flexibility index (Phi) is 3.83. The summed E-state index contributed by atoms with van der Waals surface area (Å²) in [4.78, 5) is 36.9. The molecule has 6 heteroatoms. The standard InChI is InChI=1S/C16H18N2O4/c19-13(17-15(16(21)22)11-5-6-11)9-18-12-4-2-1-3-10(12)7-8-14(18)20/h1-4,11,15H,5-9H2,(H,17,19)(H,21,22). The Hall–Kier alpha value is -2.37. The van der Waals surface area contributed by atoms with Gasteiger partial charge in [0, 0.05) is 12.1 Å². The van der Waals surface area contributed by atoms with E-state index in [2.05, 4.69) is 5.32 Å². The van der Waals surface area contributed by atoms with Gasteiger partial charge in [0.2, 0.25) is 11.8 Å². The molecular weight excluding hydrogens is 284 g/mol. The number of fused-ring (bicyclic) bond motifs is 1. The van der Waals surface area contributed by atoms with Crippen molar-refractivity contribution in [1.82, 2.24) is 5.32 Å². The van der Waals surface area contributed by atoms with Crippen LogP contribution in [0.25, 0.3) is 0 Å². The van der Waals surface area contributed by atoms with Crippen LogP contribution in [0.4, 0.5) is 5.69 Å². The van der Waals surface area contributed by atoms with Gasteiger partial charge in [0.1, 0.15) is 12.6 Å². The molecule has 2 N–H and O–H groups in total. The Morgan fingerprint density at radius 3 is 2.68 bits per heavy atom. The topological polar surface area (TPSA) is 86.7 Å². The monoisotopic (exact) mass is 302 g/mol. The summed E-state index contributed by atoms with van der Waals surface area (Å²) < 4.78 is 0. The molecule has 2 aliphatic rings. The lowest BCUT2D eigenvalue weighted by Gasteiger charge is -2.29. The molecule has 1 aliphatic heterocycles. The lowest BCUT2D eigenvalue weighted by atomic mass is 10.0. The predicted molar refractivity (Wildman–Crippen MR) is 79.4 cm³/mol. The first-order chi connectivity index (χ1) is 10.6. The number of hydrogen-bond acceptors (Lipinski definition) is 3. The number of carboxylic acid groups (broad SMARTS) is 1. The highest BCUT2D eigenvalue weighted by Crippen LogP contribution is 2.33. The fourth-order valence-electron chi connectivity index (χ4n) is 2.84. The molecular formula is C16H18N2O4. The van der Waals surface area contributed by atoms with Crippen LogP contribution in [0, 0.1) is 5.92 Å². The smallest absolute Gasteiger partial charge is 0.326 e. The third-order valence-corrected chi connectivity index (χ3v) is 4.17. The van der Waals surface area contributed by atoms with Crippen LogP contribution in [0.1, 0.15) is 24.8 Å². The van der Waals surface area contributed by atoms with E-state index in [0.717, 1.165) is 24.1 Å². The molecule has 1 heterocycles. The summed E-state index contributed by atoms with van der Waals surface area (Å²) in [5.41, 5.74) is 1.78. The molecule has 1 saturated carbocycles. The van der Waals surface area contributed by atoms with Crippen LogP contribution in [-0.2, 0) is 20.8 Å². The molecule has 1 aliphatic carbocycles. The third kappa shape index (κ3) is 2.95. The van der Waals surface area contributed by atoms with E-state index in [9.17, 15) is 14.4 Å². The highest BCUT2D eigenvalue weighted by atomic mass is 16.4. The second-order valence-electron chi connectivity index (χ2n) is 5.83. The second-order valence-corrected chi connectivity index (χ2v) is 5.83. The Bertz CT molecular complexity index is 624. The number of nitrogens with zero attached hydrogens (tertiary/aromatic N) is 1. The fourth-order valence-corrected chi connectivity index (χ4v) is 2.84. The number of aliphatic carboxylic acids is 1. The second kappa shape index (κ2) is 5.79. The van der Waals surface area contributed by atoms with E-state index in [-0.39, 0.29) is 18.4 Å². The normalized spacial score (nSPS) is 18.5. The lowest BCUT2D eigenvalue weighted by Crippen LogP contribution is -2.48. The zero-order valence-electron chi connectivity index (χ0n) is 12.1. The molecule has 0 saturated heterocycles. The summed E-state index contributed by atoms with van der Waals surface area (Å²) in [6, 6.07) is 6.64. The van der Waals surface area contributed by atoms with Crippen molar-refractivity contribution in [2.24, 2.45) is 5.92 Å². The van der Waals surface area contributed by atoms with Gasteiger partial charge in [-0.05, 0) is 36.8 Å². The summed E-state index contributed by atoms with van der Waals surface area (Å²) in [5.74, 6) is -1.52. The van der Waals surface area contributed by atoms with Crippen LogP contribution in [0.5, 0.6) is 0 Å². The molecule has 1 atom stereocenters. The summed E-state index contributed by atoms with van der Waals surface area (Å²) in [6.07, 6.45) is 2.69. The minimum Gasteiger partial charge on any atom is -0.480 e. The first-order valence-electron chi connectivity index (χ1n) is 7.46. The fraction of sp³-hybridized carbons (Fsp3) is 0.438. The summed E-state index contributed by atoms with van der Waals surface area (Å²) in [5, 5.41) is 11.7. The first kappa shape index (κ1) is 14.6. The molecule has 0 radical (unpaired) electrons. The van der Waals surface area contributed by atoms with Crippen LogP contribution in [0.2, 0.25) is 0 Å². The van der Waals surface area contributed by atoms with Gasteiger partial charge in [-0.15, -0.1) is 0 Å². The van der Waals surface area contributed by atoms with Gasteiger partial charge in [-0.3, -0.25) is 9.59 Å². The van der Waals surface area contributed by atoms with Crippen LogP contribution < -0.4 is 10.2 Å². The summed E-state index contributed by atoms with van der Waals surface area (Å²) >= 11 is 0. The van der Waals surface area contributed by atoms with Gasteiger partial charge in [-0.2, -0.15) is 0 Å². The molecule has 1 aromatic rings. The van der Waals surface area contributed by atoms with Crippen molar-refractivity contribution in [3.8, 4) is 0 Å². The minimum atomic E-state index is -1.01. The van der Waals surface area contributed by atoms with Crippen molar-refractivity contribution < 1.29 is 19.5 Å². The number of amides is 2. The van der Waals surface area contributed by atoms with Crippen molar-refractivity contribution in [3.63, 3.8) is 0 Å². The van der Waals surface area contributed by atoms with Gasteiger partial charge in [0.05, 0.1) is 0 Å². The lowest BCUT2D eigenvalue weighted by molar-refractivity contribution is -0.142. The van der Waals surface area contributed by atoms with Crippen molar-refractivity contribution in [2.75, 3.05) is 11.4 Å². The largest absolute Gasteiger partial charge is 0.480 e. The number of hydrogen-bond donors (Lipinski definition) is 2. The number of carboxylic acids is 1. The molecule has 0 aromatic heterocycles. The Morgan fingerprint density at radius 2 is 2.00 bits per heavy atom. The number of rotatable bonds is 5. The first-order valence-corrected chi connectivity index (χ1v) is 7.46. The number of nitrogens with one attached hydrogen (secondary N) is 1. The van der Waals surface area contributed by atoms with E-state index in [0.29, 0.717) is 12.8 Å². The van der Waals surface area contributed by atoms with Crippen molar-refractivity contribution >= 4 is 23.5 Å². The van der Waals surface area contributed by atoms with Crippen molar-refractivity contribution in [2.45, 2.75) is 31.7 Å². The van der Waals surface area contributed by atoms with Gasteiger partial charge in [-0.25, -0.2) is 4.79 Å². The SMILES string of the molecule is O=C(CN1C(=O)CCc2ccccc21)NC(C(=O)O)C1CC1. The molecule has 0 bridgehead atoms. The van der Waals surface area contributed by atoms with Gasteiger partial charge >= 0.3 is 5.97 Å². The minimum absolute atomic E-state index is 0.0193. The number of carbonyl (C=O) groups is 3. The zero-order chi connectivity index (χ0) is 15.7. The van der Waals surface area contributed by atoms with Crippen LogP contribution in [0.15, 0.2) is 24.3 Å². The zero-order valence-corrected chi connectivity index (χ0v) is 12.1. The average molecular weight is 302 g/mol. The van der Waals surface area contributed by atoms with Crippen LogP contribution in [0.3, 0.4) is 0 Å². The van der Waals surface area contributed by atoms with E-state index in [1.54, 1.807) is 0 Å². The maximum atomic E-state index is 12.1. The molecule has 22 heavy (non-hydrogen) atoms. The van der Waals surface area contributed by atoms with Gasteiger partial charge in [0.25, 0.3) is 0 Å². The van der Waals surface area contributed by atoms with Crippen LogP contribution >= 0.6 is 0 Å². The summed E-state index contributed by atoms with van der Waals surface area (Å²) in [7, 11) is 0. The maximum Gasteiger partial charge on any atom is 0.326 e. The Morgan fingerprint density at radius 1 is 1.27 bits per heavy atom. The van der Waals surface area contributed by atoms with Gasteiger partial charge < -0.3 is 15.3 Å². The van der Waals surface area contributed by atoms with Gasteiger partial charge in [-0.1, -0.05) is 18.2 Å². The number of aryl methyl sites for hydroxylation is 1. The Balaban J connectivity index is 1.70. The number of benzene rings is 1. The van der Waals surface area contributed by atoms with Crippen molar-refractivity contribution in [3.05, 3.63) is 29.8 Å².